The van der Waals surface area contributed by atoms with E-state index >= 15 is 0 Å². The predicted octanol–water partition coefficient (Wildman–Crippen LogP) is 8.34. The number of aliphatic hydroxyl groups excluding tert-OH is 1. The van der Waals surface area contributed by atoms with Crippen LogP contribution in [0.5, 0.6) is 11.5 Å². The van der Waals surface area contributed by atoms with E-state index in [-0.39, 0.29) is 11.7 Å². The first-order chi connectivity index (χ1) is 19.7. The number of aliphatic hydroxyl groups is 1. The van der Waals surface area contributed by atoms with Gasteiger partial charge < -0.3 is 19.9 Å². The van der Waals surface area contributed by atoms with Crippen LogP contribution in [0.25, 0.3) is 0 Å². The molecule has 2 aromatic rings. The lowest BCUT2D eigenvalue weighted by molar-refractivity contribution is -0.121. The standard InChI is InChI=1S/C35H53NO4/c1-2-3-4-5-6-7-8-9-10-11-12-13-17-20-32(37)25-31(28-36-27-29-18-15-14-16-19-29)35(38)30-21-22-33-34(26-30)40-24-23-39-33/h14-16,18-19,21-22,26,31,35-36,38H,2-13,17,20,23-25,27-28H2,1H3/t31-,35-/m1/s1. The summed E-state index contributed by atoms with van der Waals surface area (Å²) in [6, 6.07) is 15.8. The van der Waals surface area contributed by atoms with Gasteiger partial charge in [-0.05, 0) is 29.7 Å². The fourth-order valence-corrected chi connectivity index (χ4v) is 5.54. The molecule has 0 amide bonds. The van der Waals surface area contributed by atoms with Crippen LogP contribution in [0.4, 0.5) is 0 Å². The number of unbranched alkanes of at least 4 members (excludes halogenated alkanes) is 12. The van der Waals surface area contributed by atoms with E-state index in [1.54, 1.807) is 0 Å². The van der Waals surface area contributed by atoms with Crippen LogP contribution in [0, 0.1) is 5.92 Å². The molecular weight excluding hydrogens is 498 g/mol. The molecule has 2 atom stereocenters. The van der Waals surface area contributed by atoms with Gasteiger partial charge in [0.25, 0.3) is 0 Å². The first kappa shape index (κ1) is 32.1. The molecule has 1 aliphatic heterocycles. The third-order valence-electron chi connectivity index (χ3n) is 7.98. The number of carbonyl (C=O) groups is 1. The number of ketones is 1. The van der Waals surface area contributed by atoms with Crippen molar-refractivity contribution in [1.82, 2.24) is 5.32 Å². The molecule has 0 unspecified atom stereocenters. The number of Topliss-reactive ketones (excluding diaryl/α,β-unsaturated/α-hetero) is 1. The first-order valence-corrected chi connectivity index (χ1v) is 16.0. The summed E-state index contributed by atoms with van der Waals surface area (Å²) in [6.45, 7) is 4.58. The molecule has 0 spiro atoms. The van der Waals surface area contributed by atoms with Gasteiger partial charge in [0.05, 0.1) is 6.10 Å². The van der Waals surface area contributed by atoms with Crippen LogP contribution in [-0.2, 0) is 11.3 Å². The zero-order chi connectivity index (χ0) is 28.3. The van der Waals surface area contributed by atoms with Crippen LogP contribution >= 0.6 is 0 Å². The molecule has 0 saturated heterocycles. The Balaban J connectivity index is 1.38. The van der Waals surface area contributed by atoms with Gasteiger partial charge in [-0.1, -0.05) is 120 Å². The maximum absolute atomic E-state index is 13.0. The molecule has 0 radical (unpaired) electrons. The van der Waals surface area contributed by atoms with Gasteiger partial charge in [-0.15, -0.1) is 0 Å². The van der Waals surface area contributed by atoms with Crippen molar-refractivity contribution in [2.24, 2.45) is 5.92 Å². The second-order valence-corrected chi connectivity index (χ2v) is 11.5. The van der Waals surface area contributed by atoms with Crippen molar-refractivity contribution in [2.45, 2.75) is 116 Å². The van der Waals surface area contributed by atoms with Crippen LogP contribution in [0.3, 0.4) is 0 Å². The summed E-state index contributed by atoms with van der Waals surface area (Å²) in [5, 5.41) is 14.8. The predicted molar refractivity (Wildman–Crippen MR) is 164 cm³/mol. The second kappa shape index (κ2) is 19.7. The Bertz CT molecular complexity index is 948. The summed E-state index contributed by atoms with van der Waals surface area (Å²) < 4.78 is 11.4. The monoisotopic (exact) mass is 551 g/mol. The zero-order valence-electron chi connectivity index (χ0n) is 24.9. The van der Waals surface area contributed by atoms with Crippen molar-refractivity contribution in [3.05, 3.63) is 59.7 Å². The second-order valence-electron chi connectivity index (χ2n) is 11.5. The van der Waals surface area contributed by atoms with Crippen molar-refractivity contribution < 1.29 is 19.4 Å². The average molecular weight is 552 g/mol. The van der Waals surface area contributed by atoms with Gasteiger partial charge in [-0.25, -0.2) is 0 Å². The SMILES string of the molecule is CCCCCCCCCCCCCCCC(=O)C[C@H](CNCc1ccccc1)[C@H](O)c1ccc2c(c1)OCCO2. The summed E-state index contributed by atoms with van der Waals surface area (Å²) in [7, 11) is 0. The van der Waals surface area contributed by atoms with Crippen molar-refractivity contribution in [3.8, 4) is 11.5 Å². The summed E-state index contributed by atoms with van der Waals surface area (Å²) >= 11 is 0. The molecule has 0 aromatic heterocycles. The molecule has 1 heterocycles. The Morgan fingerprint density at radius 1 is 0.800 bits per heavy atom. The molecule has 1 aliphatic rings. The zero-order valence-corrected chi connectivity index (χ0v) is 24.9. The molecular formula is C35H53NO4. The number of ether oxygens (including phenoxy) is 2. The number of nitrogens with one attached hydrogen (secondary N) is 1. The maximum atomic E-state index is 13.0. The lowest BCUT2D eigenvalue weighted by Crippen LogP contribution is -2.29. The van der Waals surface area contributed by atoms with E-state index in [1.807, 2.05) is 36.4 Å². The number of carbonyl (C=O) groups excluding carboxylic acids is 1. The summed E-state index contributed by atoms with van der Waals surface area (Å²) in [4.78, 5) is 13.0. The number of fused-ring (bicyclic) bond motifs is 1. The number of benzene rings is 2. The normalized spacial score (nSPS) is 14.2. The van der Waals surface area contributed by atoms with Crippen molar-refractivity contribution >= 4 is 5.78 Å². The quantitative estimate of drug-likeness (QED) is 0.144. The number of hydrogen-bond acceptors (Lipinski definition) is 5. The molecule has 5 nitrogen and oxygen atoms in total. The number of hydrogen-bond donors (Lipinski definition) is 2. The minimum atomic E-state index is -0.755. The van der Waals surface area contributed by atoms with Crippen LogP contribution in [0.1, 0.15) is 120 Å². The lowest BCUT2D eigenvalue weighted by Gasteiger charge is -2.25. The molecule has 0 aliphatic carbocycles. The molecule has 2 aromatic carbocycles. The Kier molecular flexibility index (Phi) is 15.8. The summed E-state index contributed by atoms with van der Waals surface area (Å²) in [5.41, 5.74) is 1.96. The van der Waals surface area contributed by atoms with Gasteiger partial charge >= 0.3 is 0 Å². The van der Waals surface area contributed by atoms with E-state index in [9.17, 15) is 9.90 Å². The van der Waals surface area contributed by atoms with Gasteiger partial charge in [0.2, 0.25) is 0 Å². The largest absolute Gasteiger partial charge is 0.486 e. The highest BCUT2D eigenvalue weighted by Crippen LogP contribution is 2.35. The molecule has 222 valence electrons. The van der Waals surface area contributed by atoms with E-state index < -0.39 is 6.10 Å². The van der Waals surface area contributed by atoms with Gasteiger partial charge in [-0.2, -0.15) is 0 Å². The molecule has 0 bridgehead atoms. The minimum absolute atomic E-state index is 0.208. The fourth-order valence-electron chi connectivity index (χ4n) is 5.54. The van der Waals surface area contributed by atoms with Gasteiger partial charge in [0, 0.05) is 31.8 Å². The highest BCUT2D eigenvalue weighted by molar-refractivity contribution is 5.78. The molecule has 5 heteroatoms. The highest BCUT2D eigenvalue weighted by Gasteiger charge is 2.25. The molecule has 3 rings (SSSR count). The fraction of sp³-hybridized carbons (Fsp3) is 0.629. The summed E-state index contributed by atoms with van der Waals surface area (Å²) in [5.74, 6) is 1.41. The van der Waals surface area contributed by atoms with Crippen LogP contribution in [0.2, 0.25) is 0 Å². The number of rotatable bonds is 22. The van der Waals surface area contributed by atoms with Crippen molar-refractivity contribution in [2.75, 3.05) is 19.8 Å². The first-order valence-electron chi connectivity index (χ1n) is 16.0. The third-order valence-corrected chi connectivity index (χ3v) is 7.98. The summed E-state index contributed by atoms with van der Waals surface area (Å²) in [6.07, 6.45) is 17.1. The average Bonchev–Trinajstić information content (AvgIpc) is 2.99. The van der Waals surface area contributed by atoms with E-state index in [1.165, 1.54) is 76.2 Å². The van der Waals surface area contributed by atoms with E-state index in [4.69, 9.17) is 9.47 Å². The van der Waals surface area contributed by atoms with Crippen LogP contribution < -0.4 is 14.8 Å². The highest BCUT2D eigenvalue weighted by atomic mass is 16.6. The van der Waals surface area contributed by atoms with Gasteiger partial charge in [-0.3, -0.25) is 4.79 Å². The molecule has 0 saturated carbocycles. The van der Waals surface area contributed by atoms with Gasteiger partial charge in [0.1, 0.15) is 19.0 Å². The Morgan fingerprint density at radius 3 is 2.05 bits per heavy atom. The third kappa shape index (κ3) is 12.4. The molecule has 40 heavy (non-hydrogen) atoms. The van der Waals surface area contributed by atoms with E-state index in [0.717, 1.165) is 18.4 Å². The smallest absolute Gasteiger partial charge is 0.161 e. The van der Waals surface area contributed by atoms with Gasteiger partial charge in [0.15, 0.2) is 11.5 Å². The van der Waals surface area contributed by atoms with Crippen molar-refractivity contribution in [1.29, 1.82) is 0 Å². The Labute approximate surface area is 243 Å². The molecule has 2 N–H and O–H groups in total. The van der Waals surface area contributed by atoms with Crippen LogP contribution in [0.15, 0.2) is 48.5 Å². The van der Waals surface area contributed by atoms with E-state index in [2.05, 4.69) is 24.4 Å². The van der Waals surface area contributed by atoms with Crippen LogP contribution in [-0.4, -0.2) is 30.6 Å². The minimum Gasteiger partial charge on any atom is -0.486 e. The van der Waals surface area contributed by atoms with Crippen molar-refractivity contribution in [3.63, 3.8) is 0 Å². The lowest BCUT2D eigenvalue weighted by atomic mass is 9.89. The maximum Gasteiger partial charge on any atom is 0.161 e. The molecule has 0 fully saturated rings. The van der Waals surface area contributed by atoms with E-state index in [0.29, 0.717) is 50.6 Å². The Morgan fingerprint density at radius 2 is 1.40 bits per heavy atom. The topological polar surface area (TPSA) is 67.8 Å². The Hall–Kier alpha value is -2.37.